The smallest absolute Gasteiger partial charge is 0.192 e. The summed E-state index contributed by atoms with van der Waals surface area (Å²) in [6.07, 6.45) is -0.0602. The average molecular weight is 103 g/mol. The van der Waals surface area contributed by atoms with Crippen LogP contribution in [0.3, 0.4) is 0 Å². The highest BCUT2D eigenvalue weighted by molar-refractivity contribution is 4.95. The van der Waals surface area contributed by atoms with Crippen LogP contribution in [-0.4, -0.2) is 16.5 Å². The Kier molecular flexibility index (Phi) is 2.40. The largest absolute Gasteiger partial charge is 0.398 e. The van der Waals surface area contributed by atoms with E-state index >= 15 is 0 Å². The molecule has 0 aromatic carbocycles. The monoisotopic (exact) mass is 103 g/mol. The van der Waals surface area contributed by atoms with Gasteiger partial charge in [0.15, 0.2) is 6.29 Å². The normalized spacial score (nSPS) is 12.9. The van der Waals surface area contributed by atoms with Crippen molar-refractivity contribution < 1.29 is 10.2 Å². The van der Waals surface area contributed by atoms with Crippen LogP contribution in [0, 0.1) is 0 Å². The topological polar surface area (TPSA) is 66.5 Å². The van der Waals surface area contributed by atoms with Gasteiger partial charge in [0.1, 0.15) is 0 Å². The number of hydrogen-bond donors (Lipinski definition) is 3. The predicted octanol–water partition coefficient (Wildman–Crippen LogP) is -0.840. The molecule has 7 heavy (non-hydrogen) atoms. The summed E-state index contributed by atoms with van der Waals surface area (Å²) in [5.41, 5.74) is 5.06. The fourth-order valence-electron chi connectivity index (χ4n) is 0.149. The SMILES string of the molecule is C/C=C(\N)C(O)O. The van der Waals surface area contributed by atoms with Gasteiger partial charge in [0.05, 0.1) is 5.70 Å². The lowest BCUT2D eigenvalue weighted by atomic mass is 10.4. The molecule has 3 heteroatoms. The van der Waals surface area contributed by atoms with Crippen LogP contribution in [0.5, 0.6) is 0 Å². The highest BCUT2D eigenvalue weighted by Crippen LogP contribution is 1.85. The zero-order chi connectivity index (χ0) is 5.86. The molecule has 0 radical (unpaired) electrons. The second kappa shape index (κ2) is 2.60. The second-order valence-corrected chi connectivity index (χ2v) is 1.16. The van der Waals surface area contributed by atoms with Gasteiger partial charge in [-0.15, -0.1) is 0 Å². The van der Waals surface area contributed by atoms with Gasteiger partial charge in [0.2, 0.25) is 0 Å². The summed E-state index contributed by atoms with van der Waals surface area (Å²) in [5, 5.41) is 16.4. The van der Waals surface area contributed by atoms with Gasteiger partial charge in [0, 0.05) is 0 Å². The molecule has 0 aromatic rings. The van der Waals surface area contributed by atoms with Crippen molar-refractivity contribution in [2.75, 3.05) is 0 Å². The molecule has 3 nitrogen and oxygen atoms in total. The van der Waals surface area contributed by atoms with E-state index in [4.69, 9.17) is 15.9 Å². The molecule has 0 rings (SSSR count). The molecule has 0 saturated heterocycles. The van der Waals surface area contributed by atoms with Crippen molar-refractivity contribution in [1.82, 2.24) is 0 Å². The highest BCUT2D eigenvalue weighted by atomic mass is 16.5. The fourth-order valence-corrected chi connectivity index (χ4v) is 0.149. The first-order valence-corrected chi connectivity index (χ1v) is 1.96. The Hall–Kier alpha value is -0.540. The molecular formula is C4H9NO2. The number of nitrogens with two attached hydrogens (primary N) is 1. The summed E-state index contributed by atoms with van der Waals surface area (Å²) < 4.78 is 0. The maximum atomic E-state index is 8.18. The van der Waals surface area contributed by atoms with E-state index in [2.05, 4.69) is 0 Å². The minimum atomic E-state index is -1.50. The van der Waals surface area contributed by atoms with Crippen LogP contribution >= 0.6 is 0 Å². The molecule has 0 heterocycles. The van der Waals surface area contributed by atoms with Crippen LogP contribution < -0.4 is 5.73 Å². The van der Waals surface area contributed by atoms with Gasteiger partial charge in [-0.05, 0) is 6.92 Å². The Morgan fingerprint density at radius 3 is 2.14 bits per heavy atom. The summed E-state index contributed by atoms with van der Waals surface area (Å²) in [4.78, 5) is 0. The number of aliphatic hydroxyl groups is 2. The molecule has 0 aromatic heterocycles. The minimum Gasteiger partial charge on any atom is -0.398 e. The van der Waals surface area contributed by atoms with Gasteiger partial charge >= 0.3 is 0 Å². The quantitative estimate of drug-likeness (QED) is 0.379. The maximum Gasteiger partial charge on any atom is 0.192 e. The molecule has 0 aliphatic rings. The van der Waals surface area contributed by atoms with Crippen LogP contribution in [0.25, 0.3) is 0 Å². The van der Waals surface area contributed by atoms with Crippen molar-refractivity contribution in [2.24, 2.45) is 5.73 Å². The van der Waals surface area contributed by atoms with Crippen LogP contribution in [0.15, 0.2) is 11.8 Å². The molecule has 0 bridgehead atoms. The lowest BCUT2D eigenvalue weighted by molar-refractivity contribution is -0.00895. The molecule has 0 saturated carbocycles. The van der Waals surface area contributed by atoms with Crippen molar-refractivity contribution in [1.29, 1.82) is 0 Å². The molecule has 4 N–H and O–H groups in total. The lowest BCUT2D eigenvalue weighted by Gasteiger charge is -1.98. The lowest BCUT2D eigenvalue weighted by Crippen LogP contribution is -2.15. The van der Waals surface area contributed by atoms with Crippen molar-refractivity contribution >= 4 is 0 Å². The number of rotatable bonds is 1. The van der Waals surface area contributed by atoms with Crippen molar-refractivity contribution in [3.8, 4) is 0 Å². The van der Waals surface area contributed by atoms with Crippen LogP contribution in [-0.2, 0) is 0 Å². The first kappa shape index (κ1) is 6.46. The van der Waals surface area contributed by atoms with Gasteiger partial charge in [0.25, 0.3) is 0 Å². The summed E-state index contributed by atoms with van der Waals surface area (Å²) in [7, 11) is 0. The van der Waals surface area contributed by atoms with E-state index < -0.39 is 6.29 Å². The van der Waals surface area contributed by atoms with Crippen LogP contribution in [0.1, 0.15) is 6.92 Å². The van der Waals surface area contributed by atoms with Gasteiger partial charge in [-0.2, -0.15) is 0 Å². The molecule has 0 unspecified atom stereocenters. The number of allylic oxidation sites excluding steroid dienone is 1. The third kappa shape index (κ3) is 2.19. The zero-order valence-corrected chi connectivity index (χ0v) is 4.13. The first-order chi connectivity index (χ1) is 3.18. The molecule has 0 atom stereocenters. The Morgan fingerprint density at radius 1 is 1.71 bits per heavy atom. The Balaban J connectivity index is 3.56. The molecule has 42 valence electrons. The Labute approximate surface area is 42.1 Å². The average Bonchev–Trinajstić information content (AvgIpc) is 1.65. The second-order valence-electron chi connectivity index (χ2n) is 1.16. The van der Waals surface area contributed by atoms with E-state index in [1.807, 2.05) is 0 Å². The third-order valence-electron chi connectivity index (χ3n) is 0.631. The standard InChI is InChI=1S/C4H9NO2/c1-2-3(5)4(6)7/h2,4,6-7H,5H2,1H3/b3-2-. The number of hydrogen-bond acceptors (Lipinski definition) is 3. The van der Waals surface area contributed by atoms with Crippen molar-refractivity contribution in [3.63, 3.8) is 0 Å². The maximum absolute atomic E-state index is 8.18. The van der Waals surface area contributed by atoms with E-state index in [-0.39, 0.29) is 5.70 Å². The van der Waals surface area contributed by atoms with E-state index in [1.165, 1.54) is 6.08 Å². The van der Waals surface area contributed by atoms with E-state index in [0.29, 0.717) is 0 Å². The summed E-state index contributed by atoms with van der Waals surface area (Å²) in [6.45, 7) is 1.63. The Bertz CT molecular complexity index is 77.8. The van der Waals surface area contributed by atoms with Crippen molar-refractivity contribution in [3.05, 3.63) is 11.8 Å². The molecule has 0 aliphatic heterocycles. The Morgan fingerprint density at radius 2 is 2.14 bits per heavy atom. The van der Waals surface area contributed by atoms with E-state index in [9.17, 15) is 0 Å². The molecule has 0 amide bonds. The van der Waals surface area contributed by atoms with Gasteiger partial charge in [-0.25, -0.2) is 0 Å². The summed E-state index contributed by atoms with van der Waals surface area (Å²) >= 11 is 0. The number of aliphatic hydroxyl groups excluding tert-OH is 1. The minimum absolute atomic E-state index is 0.0833. The summed E-state index contributed by atoms with van der Waals surface area (Å²) in [5.74, 6) is 0. The van der Waals surface area contributed by atoms with Gasteiger partial charge in [-0.3, -0.25) is 0 Å². The highest BCUT2D eigenvalue weighted by Gasteiger charge is 1.95. The molecular weight excluding hydrogens is 94.0 g/mol. The van der Waals surface area contributed by atoms with Gasteiger partial charge < -0.3 is 15.9 Å². The molecule has 0 fully saturated rings. The first-order valence-electron chi connectivity index (χ1n) is 1.96. The zero-order valence-electron chi connectivity index (χ0n) is 4.13. The van der Waals surface area contributed by atoms with Crippen molar-refractivity contribution in [2.45, 2.75) is 13.2 Å². The fraction of sp³-hybridized carbons (Fsp3) is 0.500. The molecule has 0 spiro atoms. The van der Waals surface area contributed by atoms with E-state index in [0.717, 1.165) is 0 Å². The predicted molar refractivity (Wildman–Crippen MR) is 26.2 cm³/mol. The van der Waals surface area contributed by atoms with Crippen LogP contribution in [0.2, 0.25) is 0 Å². The van der Waals surface area contributed by atoms with Gasteiger partial charge in [-0.1, -0.05) is 6.08 Å². The van der Waals surface area contributed by atoms with Crippen LogP contribution in [0.4, 0.5) is 0 Å². The molecule has 0 aliphatic carbocycles. The summed E-state index contributed by atoms with van der Waals surface area (Å²) in [6, 6.07) is 0. The third-order valence-corrected chi connectivity index (χ3v) is 0.631. The van der Waals surface area contributed by atoms with E-state index in [1.54, 1.807) is 6.92 Å².